The fourth-order valence-electron chi connectivity index (χ4n) is 4.24. The largest absolute Gasteiger partial charge is 0.386 e. The van der Waals surface area contributed by atoms with E-state index in [2.05, 4.69) is 39.6 Å². The van der Waals surface area contributed by atoms with Crippen LogP contribution in [0.2, 0.25) is 0 Å². The van der Waals surface area contributed by atoms with Crippen LogP contribution in [0.25, 0.3) is 0 Å². The van der Waals surface area contributed by atoms with Gasteiger partial charge in [-0.2, -0.15) is 0 Å². The van der Waals surface area contributed by atoms with Gasteiger partial charge in [0.2, 0.25) is 0 Å². The summed E-state index contributed by atoms with van der Waals surface area (Å²) in [5.74, 6) is 1.12. The van der Waals surface area contributed by atoms with Crippen molar-refractivity contribution in [2.24, 2.45) is 5.16 Å². The van der Waals surface area contributed by atoms with E-state index in [1.54, 1.807) is 4.90 Å². The number of oxime groups is 1. The number of ether oxygens (including phenoxy) is 1. The van der Waals surface area contributed by atoms with Crippen molar-refractivity contribution in [1.82, 2.24) is 20.2 Å². The average Bonchev–Trinajstić information content (AvgIpc) is 3.36. The molecule has 4 N–H and O–H groups in total. The maximum Gasteiger partial charge on any atom is 0.319 e. The summed E-state index contributed by atoms with van der Waals surface area (Å²) < 4.78 is 5.25. The second-order valence-electron chi connectivity index (χ2n) is 9.30. The monoisotopic (exact) mass is 510 g/mol. The first-order valence-electron chi connectivity index (χ1n) is 12.4. The third-order valence-electron chi connectivity index (χ3n) is 6.36. The zero-order chi connectivity index (χ0) is 26.2. The number of hydrogen-bond acceptors (Lipinski definition) is 9. The number of nitrogens with two attached hydrogens (primary N) is 1. The summed E-state index contributed by atoms with van der Waals surface area (Å²) in [5.41, 5.74) is 8.54. The topological polar surface area (TPSA) is 147 Å². The molecule has 2 fully saturated rings. The third-order valence-corrected chi connectivity index (χ3v) is 6.36. The number of rotatable bonds is 8. The molecule has 0 saturated carbocycles. The molecule has 1 unspecified atom stereocenters. The number of anilines is 3. The molecular formula is C25H34N8O4. The zero-order valence-electron chi connectivity index (χ0n) is 21.2. The van der Waals surface area contributed by atoms with Crippen LogP contribution in [0.15, 0.2) is 35.7 Å². The van der Waals surface area contributed by atoms with Crippen molar-refractivity contribution in [2.45, 2.75) is 32.2 Å². The molecule has 2 aliphatic rings. The van der Waals surface area contributed by atoms with Gasteiger partial charge in [0.1, 0.15) is 18.0 Å². The number of carbonyl (C=O) groups is 2. The summed E-state index contributed by atoms with van der Waals surface area (Å²) in [6, 6.07) is 7.51. The summed E-state index contributed by atoms with van der Waals surface area (Å²) >= 11 is 0. The zero-order valence-corrected chi connectivity index (χ0v) is 21.2. The quantitative estimate of drug-likeness (QED) is 0.360. The smallest absolute Gasteiger partial charge is 0.319 e. The van der Waals surface area contributed by atoms with Crippen molar-refractivity contribution in [1.29, 1.82) is 0 Å². The van der Waals surface area contributed by atoms with Gasteiger partial charge in [0.15, 0.2) is 6.61 Å². The first-order valence-corrected chi connectivity index (χ1v) is 12.4. The Morgan fingerprint density at radius 2 is 1.97 bits per heavy atom. The van der Waals surface area contributed by atoms with Crippen molar-refractivity contribution >= 4 is 35.5 Å². The lowest BCUT2D eigenvalue weighted by atomic mass is 10.0. The van der Waals surface area contributed by atoms with Gasteiger partial charge >= 0.3 is 6.03 Å². The fourth-order valence-corrected chi connectivity index (χ4v) is 4.24. The van der Waals surface area contributed by atoms with Crippen LogP contribution in [-0.2, 0) is 14.4 Å². The molecular weight excluding hydrogens is 476 g/mol. The third kappa shape index (κ3) is 7.06. The van der Waals surface area contributed by atoms with E-state index < -0.39 is 0 Å². The molecule has 2 saturated heterocycles. The normalized spacial score (nSPS) is 17.9. The Bertz CT molecular complexity index is 1100. The molecule has 1 atom stereocenters. The molecule has 0 radical (unpaired) electrons. The number of nitrogens with one attached hydrogen (secondary N) is 2. The Morgan fingerprint density at radius 1 is 1.22 bits per heavy atom. The van der Waals surface area contributed by atoms with E-state index in [0.29, 0.717) is 56.7 Å². The molecule has 0 bridgehead atoms. The highest BCUT2D eigenvalue weighted by Crippen LogP contribution is 2.24. The van der Waals surface area contributed by atoms with E-state index in [1.165, 1.54) is 18.1 Å². The van der Waals surface area contributed by atoms with E-state index in [1.807, 2.05) is 29.2 Å². The van der Waals surface area contributed by atoms with Crippen LogP contribution < -0.4 is 21.3 Å². The summed E-state index contributed by atoms with van der Waals surface area (Å²) in [6.45, 7) is 7.43. The lowest BCUT2D eigenvalue weighted by Crippen LogP contribution is -2.42. The molecule has 1 aromatic heterocycles. The van der Waals surface area contributed by atoms with Crippen molar-refractivity contribution < 1.29 is 19.2 Å². The van der Waals surface area contributed by atoms with Gasteiger partial charge in [-0.05, 0) is 30.0 Å². The van der Waals surface area contributed by atoms with Crippen LogP contribution in [0.1, 0.15) is 37.3 Å². The summed E-state index contributed by atoms with van der Waals surface area (Å²) in [5, 5.41) is 9.84. The number of hydrogen-bond donors (Lipinski definition) is 3. The Hall–Kier alpha value is -3.93. The Balaban J connectivity index is 1.30. The molecule has 2 aliphatic heterocycles. The lowest BCUT2D eigenvalue weighted by molar-refractivity contribution is -0.140. The maximum absolute atomic E-state index is 12.5. The minimum Gasteiger partial charge on any atom is -0.386 e. The first kappa shape index (κ1) is 26.1. The van der Waals surface area contributed by atoms with Gasteiger partial charge in [0, 0.05) is 37.9 Å². The Labute approximate surface area is 216 Å². The predicted molar refractivity (Wildman–Crippen MR) is 141 cm³/mol. The standard InChI is InChI=1S/C25H34N8O4/c1-17(2)18-3-5-19(6-4-18)30-25(35)31-20-7-8-33(14-20)24-21(23(26)27-16-28-24)13-29-37-15-22(34)32-9-11-36-12-10-32/h3-6,13,16-17,20H,7-12,14-15H2,1-2H3,(H2,26,27,28)(H2,30,31,35). The second-order valence-corrected chi connectivity index (χ2v) is 9.30. The van der Waals surface area contributed by atoms with Gasteiger partial charge in [0.05, 0.1) is 25.0 Å². The van der Waals surface area contributed by atoms with Crippen LogP contribution in [0, 0.1) is 0 Å². The van der Waals surface area contributed by atoms with E-state index in [0.717, 1.165) is 12.1 Å². The molecule has 12 nitrogen and oxygen atoms in total. The van der Waals surface area contributed by atoms with Gasteiger partial charge in [-0.25, -0.2) is 14.8 Å². The van der Waals surface area contributed by atoms with Crippen LogP contribution in [0.4, 0.5) is 22.1 Å². The fraction of sp³-hybridized carbons (Fsp3) is 0.480. The molecule has 3 heterocycles. The van der Waals surface area contributed by atoms with Gasteiger partial charge in [-0.15, -0.1) is 0 Å². The minimum atomic E-state index is -0.258. The van der Waals surface area contributed by atoms with E-state index in [9.17, 15) is 9.59 Å². The van der Waals surface area contributed by atoms with Crippen LogP contribution in [0.5, 0.6) is 0 Å². The van der Waals surface area contributed by atoms with Crippen molar-refractivity contribution in [3.63, 3.8) is 0 Å². The molecule has 1 aromatic carbocycles. The minimum absolute atomic E-state index is 0.0710. The Morgan fingerprint density at radius 3 is 2.70 bits per heavy atom. The number of nitrogens with zero attached hydrogens (tertiary/aromatic N) is 5. The lowest BCUT2D eigenvalue weighted by Gasteiger charge is -2.26. The molecule has 37 heavy (non-hydrogen) atoms. The molecule has 198 valence electrons. The van der Waals surface area contributed by atoms with Gasteiger partial charge in [-0.3, -0.25) is 4.79 Å². The second kappa shape index (κ2) is 12.3. The van der Waals surface area contributed by atoms with Crippen molar-refractivity contribution in [3.8, 4) is 0 Å². The van der Waals surface area contributed by atoms with Crippen LogP contribution >= 0.6 is 0 Å². The Kier molecular flexibility index (Phi) is 8.72. The van der Waals surface area contributed by atoms with E-state index in [-0.39, 0.29) is 30.4 Å². The molecule has 4 rings (SSSR count). The highest BCUT2D eigenvalue weighted by molar-refractivity contribution is 5.92. The molecule has 0 aliphatic carbocycles. The number of nitrogen functional groups attached to an aromatic ring is 1. The first-order chi connectivity index (χ1) is 17.9. The number of urea groups is 1. The highest BCUT2D eigenvalue weighted by atomic mass is 16.6. The van der Waals surface area contributed by atoms with Crippen LogP contribution in [0.3, 0.4) is 0 Å². The number of amides is 3. The van der Waals surface area contributed by atoms with Crippen molar-refractivity contribution in [2.75, 3.05) is 62.0 Å². The predicted octanol–water partition coefficient (Wildman–Crippen LogP) is 1.79. The summed E-state index contributed by atoms with van der Waals surface area (Å²) in [6.07, 6.45) is 3.55. The number of benzene rings is 1. The molecule has 3 amide bonds. The van der Waals surface area contributed by atoms with Crippen molar-refractivity contribution in [3.05, 3.63) is 41.7 Å². The van der Waals surface area contributed by atoms with Gasteiger partial charge in [-0.1, -0.05) is 31.1 Å². The highest BCUT2D eigenvalue weighted by Gasteiger charge is 2.27. The summed E-state index contributed by atoms with van der Waals surface area (Å²) in [7, 11) is 0. The maximum atomic E-state index is 12.5. The number of aromatic nitrogens is 2. The summed E-state index contributed by atoms with van der Waals surface area (Å²) in [4.78, 5) is 42.1. The molecule has 2 aromatic rings. The van der Waals surface area contributed by atoms with Gasteiger partial charge in [0.25, 0.3) is 5.91 Å². The molecule has 12 heteroatoms. The number of morpholine rings is 1. The van der Waals surface area contributed by atoms with Crippen LogP contribution in [-0.4, -0.2) is 85.1 Å². The van der Waals surface area contributed by atoms with E-state index in [4.69, 9.17) is 15.3 Å². The van der Waals surface area contributed by atoms with E-state index >= 15 is 0 Å². The number of carbonyl (C=O) groups excluding carboxylic acids is 2. The van der Waals surface area contributed by atoms with Gasteiger partial charge < -0.3 is 35.7 Å². The average molecular weight is 511 g/mol. The SMILES string of the molecule is CC(C)c1ccc(NC(=O)NC2CCN(c3ncnc(N)c3C=NOCC(=O)N3CCOCC3)C2)cc1. The molecule has 0 spiro atoms.